The van der Waals surface area contributed by atoms with E-state index in [0.717, 1.165) is 11.0 Å². The van der Waals surface area contributed by atoms with Gasteiger partial charge in [0.15, 0.2) is 0 Å². The highest BCUT2D eigenvalue weighted by Gasteiger charge is 1.97. The first-order chi connectivity index (χ1) is 7.24. The highest BCUT2D eigenvalue weighted by atomic mass is 79.9. The van der Waals surface area contributed by atoms with Gasteiger partial charge in [-0.2, -0.15) is 11.8 Å². The monoisotopic (exact) mass is 287 g/mol. The number of aryl methyl sites for hydroxylation is 1. The first kappa shape index (κ1) is 12.9. The molecule has 0 heterocycles. The normalized spacial score (nSPS) is 10.3. The fraction of sp³-hybridized carbons (Fsp3) is 0.500. The van der Waals surface area contributed by atoms with Gasteiger partial charge in [0.05, 0.1) is 0 Å². The number of benzene rings is 1. The lowest BCUT2D eigenvalue weighted by atomic mass is 10.2. The molecule has 0 saturated carbocycles. The molecule has 0 bridgehead atoms. The van der Waals surface area contributed by atoms with Crippen LogP contribution in [0.15, 0.2) is 22.7 Å². The van der Waals surface area contributed by atoms with Crippen molar-refractivity contribution in [2.24, 2.45) is 0 Å². The molecule has 0 fully saturated rings. The molecule has 0 aromatic heterocycles. The Morgan fingerprint density at radius 2 is 2.20 bits per heavy atom. The molecule has 84 valence electrons. The maximum Gasteiger partial charge on any atom is 0.0381 e. The molecule has 15 heavy (non-hydrogen) atoms. The van der Waals surface area contributed by atoms with Gasteiger partial charge in [-0.05, 0) is 42.5 Å². The third kappa shape index (κ3) is 4.94. The Labute approximate surface area is 105 Å². The summed E-state index contributed by atoms with van der Waals surface area (Å²) in [7, 11) is 0. The second-order valence-electron chi connectivity index (χ2n) is 3.44. The zero-order valence-corrected chi connectivity index (χ0v) is 11.7. The van der Waals surface area contributed by atoms with Gasteiger partial charge in [-0.15, -0.1) is 0 Å². The van der Waals surface area contributed by atoms with Gasteiger partial charge in [-0.3, -0.25) is 0 Å². The fourth-order valence-electron chi connectivity index (χ4n) is 1.33. The highest BCUT2D eigenvalue weighted by Crippen LogP contribution is 2.20. The molecule has 1 N–H and O–H groups in total. The number of thioether (sulfide) groups is 1. The lowest BCUT2D eigenvalue weighted by Crippen LogP contribution is -2.04. The minimum absolute atomic E-state index is 1.06. The quantitative estimate of drug-likeness (QED) is 0.783. The van der Waals surface area contributed by atoms with Crippen molar-refractivity contribution in [2.75, 3.05) is 23.4 Å². The van der Waals surface area contributed by atoms with Crippen LogP contribution in [0, 0.1) is 6.92 Å². The smallest absolute Gasteiger partial charge is 0.0381 e. The maximum atomic E-state index is 3.49. The van der Waals surface area contributed by atoms with Gasteiger partial charge in [0, 0.05) is 16.7 Å². The average Bonchev–Trinajstić information content (AvgIpc) is 2.23. The SMILES string of the molecule is CCSCCCNc1cc(Br)ccc1C. The lowest BCUT2D eigenvalue weighted by Gasteiger charge is -2.09. The molecule has 0 aliphatic rings. The van der Waals surface area contributed by atoms with Gasteiger partial charge in [-0.25, -0.2) is 0 Å². The van der Waals surface area contributed by atoms with E-state index in [4.69, 9.17) is 0 Å². The summed E-state index contributed by atoms with van der Waals surface area (Å²) in [5.41, 5.74) is 2.55. The van der Waals surface area contributed by atoms with E-state index < -0.39 is 0 Å². The van der Waals surface area contributed by atoms with E-state index in [1.165, 1.54) is 29.2 Å². The van der Waals surface area contributed by atoms with Crippen molar-refractivity contribution in [3.8, 4) is 0 Å². The molecule has 1 aromatic carbocycles. The molecule has 1 rings (SSSR count). The molecule has 1 nitrogen and oxygen atoms in total. The molecule has 3 heteroatoms. The summed E-state index contributed by atoms with van der Waals surface area (Å²) in [5.74, 6) is 2.46. The second kappa shape index (κ2) is 7.18. The second-order valence-corrected chi connectivity index (χ2v) is 5.75. The third-order valence-electron chi connectivity index (χ3n) is 2.18. The van der Waals surface area contributed by atoms with E-state index in [1.807, 2.05) is 11.8 Å². The molecule has 0 atom stereocenters. The van der Waals surface area contributed by atoms with Crippen LogP contribution >= 0.6 is 27.7 Å². The Kier molecular flexibility index (Phi) is 6.18. The fourth-order valence-corrected chi connectivity index (χ4v) is 2.32. The van der Waals surface area contributed by atoms with Crippen LogP contribution in [-0.4, -0.2) is 18.1 Å². The summed E-state index contributed by atoms with van der Waals surface area (Å²) in [5, 5.41) is 3.47. The van der Waals surface area contributed by atoms with Crippen LogP contribution in [0.3, 0.4) is 0 Å². The first-order valence-electron chi connectivity index (χ1n) is 5.32. The van der Waals surface area contributed by atoms with E-state index in [-0.39, 0.29) is 0 Å². The number of hydrogen-bond acceptors (Lipinski definition) is 2. The Hall–Kier alpha value is -0.150. The Morgan fingerprint density at radius 3 is 2.93 bits per heavy atom. The van der Waals surface area contributed by atoms with Crippen LogP contribution in [0.1, 0.15) is 18.9 Å². The van der Waals surface area contributed by atoms with Crippen LogP contribution in [0.25, 0.3) is 0 Å². The Balaban J connectivity index is 2.33. The number of hydrogen-bond donors (Lipinski definition) is 1. The van der Waals surface area contributed by atoms with Crippen LogP contribution in [0.4, 0.5) is 5.69 Å². The van der Waals surface area contributed by atoms with E-state index in [0.29, 0.717) is 0 Å². The van der Waals surface area contributed by atoms with Crippen molar-refractivity contribution in [3.05, 3.63) is 28.2 Å². The van der Waals surface area contributed by atoms with E-state index in [2.05, 4.69) is 53.3 Å². The van der Waals surface area contributed by atoms with E-state index in [9.17, 15) is 0 Å². The number of rotatable bonds is 6. The molecule has 0 radical (unpaired) electrons. The minimum Gasteiger partial charge on any atom is -0.385 e. The summed E-state index contributed by atoms with van der Waals surface area (Å²) >= 11 is 5.49. The Morgan fingerprint density at radius 1 is 1.40 bits per heavy atom. The zero-order chi connectivity index (χ0) is 11.1. The van der Waals surface area contributed by atoms with Crippen LogP contribution in [0.2, 0.25) is 0 Å². The van der Waals surface area contributed by atoms with Gasteiger partial charge >= 0.3 is 0 Å². The molecule has 0 amide bonds. The topological polar surface area (TPSA) is 12.0 Å². The zero-order valence-electron chi connectivity index (χ0n) is 9.35. The van der Waals surface area contributed by atoms with E-state index in [1.54, 1.807) is 0 Å². The van der Waals surface area contributed by atoms with Crippen molar-refractivity contribution in [1.82, 2.24) is 0 Å². The van der Waals surface area contributed by atoms with Gasteiger partial charge in [0.2, 0.25) is 0 Å². The van der Waals surface area contributed by atoms with Crippen molar-refractivity contribution in [1.29, 1.82) is 0 Å². The first-order valence-corrected chi connectivity index (χ1v) is 7.26. The van der Waals surface area contributed by atoms with Crippen LogP contribution in [0.5, 0.6) is 0 Å². The maximum absolute atomic E-state index is 3.49. The molecule has 0 saturated heterocycles. The average molecular weight is 288 g/mol. The van der Waals surface area contributed by atoms with Crippen molar-refractivity contribution in [3.63, 3.8) is 0 Å². The van der Waals surface area contributed by atoms with Crippen LogP contribution in [-0.2, 0) is 0 Å². The molecule has 0 spiro atoms. The molecule has 0 unspecified atom stereocenters. The van der Waals surface area contributed by atoms with Crippen LogP contribution < -0.4 is 5.32 Å². The predicted molar refractivity (Wildman–Crippen MR) is 75.0 cm³/mol. The third-order valence-corrected chi connectivity index (χ3v) is 3.66. The number of anilines is 1. The number of nitrogens with one attached hydrogen (secondary N) is 1. The van der Waals surface area contributed by atoms with E-state index >= 15 is 0 Å². The highest BCUT2D eigenvalue weighted by molar-refractivity contribution is 9.10. The molecular weight excluding hydrogens is 270 g/mol. The molecule has 0 aliphatic heterocycles. The summed E-state index contributed by atoms with van der Waals surface area (Å²) in [6, 6.07) is 6.35. The van der Waals surface area contributed by atoms with Gasteiger partial charge in [0.25, 0.3) is 0 Å². The Bertz CT molecular complexity index is 302. The summed E-state index contributed by atoms with van der Waals surface area (Å²) in [6.07, 6.45) is 1.23. The molecular formula is C12H18BrNS. The summed E-state index contributed by atoms with van der Waals surface area (Å²) in [6.45, 7) is 5.40. The molecule has 1 aromatic rings. The number of halogens is 1. The standard InChI is InChI=1S/C12H18BrNS/c1-3-15-8-4-7-14-12-9-11(13)6-5-10(12)2/h5-6,9,14H,3-4,7-8H2,1-2H3. The van der Waals surface area contributed by atoms with Crippen molar-refractivity contribution >= 4 is 33.4 Å². The van der Waals surface area contributed by atoms with Crippen molar-refractivity contribution < 1.29 is 0 Å². The minimum atomic E-state index is 1.06. The lowest BCUT2D eigenvalue weighted by molar-refractivity contribution is 0.989. The van der Waals surface area contributed by atoms with Crippen molar-refractivity contribution in [2.45, 2.75) is 20.3 Å². The van der Waals surface area contributed by atoms with Gasteiger partial charge in [-0.1, -0.05) is 28.9 Å². The van der Waals surface area contributed by atoms with Gasteiger partial charge < -0.3 is 5.32 Å². The summed E-state index contributed by atoms with van der Waals surface area (Å²) in [4.78, 5) is 0. The predicted octanol–water partition coefficient (Wildman–Crippen LogP) is 4.31. The summed E-state index contributed by atoms with van der Waals surface area (Å²) < 4.78 is 1.14. The molecule has 0 aliphatic carbocycles. The largest absolute Gasteiger partial charge is 0.385 e. The van der Waals surface area contributed by atoms with Gasteiger partial charge in [0.1, 0.15) is 0 Å².